The molecule has 118 valence electrons. The summed E-state index contributed by atoms with van der Waals surface area (Å²) < 4.78 is 0. The molecule has 0 unspecified atom stereocenters. The van der Waals surface area contributed by atoms with E-state index in [1.165, 1.54) is 16.9 Å². The van der Waals surface area contributed by atoms with Crippen LogP contribution in [0.4, 0.5) is 16.6 Å². The van der Waals surface area contributed by atoms with E-state index in [1.54, 1.807) is 0 Å². The number of ketones is 1. The highest BCUT2D eigenvalue weighted by Gasteiger charge is 2.22. The van der Waals surface area contributed by atoms with Gasteiger partial charge in [-0.05, 0) is 44.4 Å². The van der Waals surface area contributed by atoms with Crippen molar-refractivity contribution in [3.05, 3.63) is 58.0 Å². The Hall–Kier alpha value is -2.40. The summed E-state index contributed by atoms with van der Waals surface area (Å²) in [6.07, 6.45) is 5.75. The molecular weight excluding hydrogens is 306 g/mol. The summed E-state index contributed by atoms with van der Waals surface area (Å²) in [4.78, 5) is 17.5. The topological polar surface area (TPSA) is 68.0 Å². The molecule has 1 aromatic carbocycles. The van der Waals surface area contributed by atoms with E-state index in [1.807, 2.05) is 44.2 Å². The highest BCUT2D eigenvalue weighted by Crippen LogP contribution is 2.32. The van der Waals surface area contributed by atoms with Gasteiger partial charge in [0.25, 0.3) is 0 Å². The van der Waals surface area contributed by atoms with Crippen LogP contribution in [0.2, 0.25) is 0 Å². The van der Waals surface area contributed by atoms with Crippen LogP contribution >= 0.6 is 11.3 Å². The Morgan fingerprint density at radius 2 is 2.00 bits per heavy atom. The maximum atomic E-state index is 12.7. The van der Waals surface area contributed by atoms with Crippen LogP contribution in [-0.2, 0) is 0 Å². The van der Waals surface area contributed by atoms with Crippen molar-refractivity contribution in [1.29, 1.82) is 0 Å². The summed E-state index contributed by atoms with van der Waals surface area (Å²) in [7, 11) is 0. The fourth-order valence-electron chi connectivity index (χ4n) is 2.52. The highest BCUT2D eigenvalue weighted by molar-refractivity contribution is 7.18. The molecule has 3 rings (SSSR count). The second-order valence-electron chi connectivity index (χ2n) is 5.66. The zero-order valence-corrected chi connectivity index (χ0v) is 14.0. The third kappa shape index (κ3) is 3.35. The molecule has 1 aliphatic carbocycles. The van der Waals surface area contributed by atoms with Crippen molar-refractivity contribution in [1.82, 2.24) is 4.98 Å². The number of benzene rings is 1. The van der Waals surface area contributed by atoms with Gasteiger partial charge in [0.2, 0.25) is 5.78 Å². The number of nitrogens with one attached hydrogen (secondary N) is 1. The van der Waals surface area contributed by atoms with Crippen LogP contribution < -0.4 is 11.1 Å². The van der Waals surface area contributed by atoms with E-state index in [-0.39, 0.29) is 5.78 Å². The normalized spacial score (nSPS) is 14.2. The third-order valence-corrected chi connectivity index (χ3v) is 4.83. The fraction of sp³-hybridized carbons (Fsp3) is 0.222. The van der Waals surface area contributed by atoms with Crippen LogP contribution in [0.15, 0.2) is 47.6 Å². The Morgan fingerprint density at radius 3 is 2.70 bits per heavy atom. The number of anilines is 3. The number of allylic oxidation sites excluding steroid dienone is 4. The molecule has 0 atom stereocenters. The summed E-state index contributed by atoms with van der Waals surface area (Å²) in [6.45, 7) is 4.00. The van der Waals surface area contributed by atoms with E-state index in [9.17, 15) is 4.79 Å². The molecule has 0 saturated carbocycles. The number of Topliss-reactive ketones (excluding diaryl/α,β-unsaturated/α-hetero) is 1. The van der Waals surface area contributed by atoms with Gasteiger partial charge < -0.3 is 11.1 Å². The van der Waals surface area contributed by atoms with Gasteiger partial charge in [-0.25, -0.2) is 4.98 Å². The van der Waals surface area contributed by atoms with Gasteiger partial charge in [-0.1, -0.05) is 41.2 Å². The number of nitrogens with zero attached hydrogens (tertiary/aromatic N) is 1. The SMILES string of the molecule is CC1=C(C(=O)c2sc(Nc3ccc(C)cc3)nc2N)CCC=C1. The van der Waals surface area contributed by atoms with Crippen LogP contribution in [-0.4, -0.2) is 10.8 Å². The minimum Gasteiger partial charge on any atom is -0.382 e. The van der Waals surface area contributed by atoms with Crippen molar-refractivity contribution in [3.8, 4) is 0 Å². The number of aromatic nitrogens is 1. The first-order chi connectivity index (χ1) is 11.0. The standard InChI is InChI=1S/C18H19N3OS/c1-11-7-9-13(10-8-11)20-18-21-17(19)16(23-18)15(22)14-6-4-3-5-12(14)2/h3,5,7-10H,4,6,19H2,1-2H3,(H,20,21). The van der Waals surface area contributed by atoms with Crippen LogP contribution in [0.1, 0.15) is 35.0 Å². The highest BCUT2D eigenvalue weighted by atomic mass is 32.1. The molecule has 5 heteroatoms. The molecule has 0 saturated heterocycles. The number of nitrogen functional groups attached to an aromatic ring is 1. The van der Waals surface area contributed by atoms with E-state index in [4.69, 9.17) is 5.73 Å². The van der Waals surface area contributed by atoms with E-state index >= 15 is 0 Å². The molecule has 0 fully saturated rings. The van der Waals surface area contributed by atoms with Crippen LogP contribution in [0, 0.1) is 6.92 Å². The van der Waals surface area contributed by atoms with E-state index < -0.39 is 0 Å². The van der Waals surface area contributed by atoms with Gasteiger partial charge in [-0.3, -0.25) is 4.79 Å². The van der Waals surface area contributed by atoms with Crippen molar-refractivity contribution >= 4 is 33.8 Å². The Kier molecular flexibility index (Phi) is 4.30. The number of thiazole rings is 1. The first-order valence-electron chi connectivity index (χ1n) is 7.55. The maximum Gasteiger partial charge on any atom is 0.203 e. The molecule has 23 heavy (non-hydrogen) atoms. The van der Waals surface area contributed by atoms with Crippen LogP contribution in [0.3, 0.4) is 0 Å². The largest absolute Gasteiger partial charge is 0.382 e. The van der Waals surface area contributed by atoms with Gasteiger partial charge >= 0.3 is 0 Å². The smallest absolute Gasteiger partial charge is 0.203 e. The number of carbonyl (C=O) groups is 1. The average molecular weight is 325 g/mol. The third-order valence-electron chi connectivity index (χ3n) is 3.84. The van der Waals surface area contributed by atoms with Crippen LogP contribution in [0.25, 0.3) is 0 Å². The molecule has 0 bridgehead atoms. The molecule has 0 amide bonds. The second kappa shape index (κ2) is 6.38. The minimum atomic E-state index is -0.00111. The maximum absolute atomic E-state index is 12.7. The van der Waals surface area contributed by atoms with Gasteiger partial charge in [0.05, 0.1) is 0 Å². The van der Waals surface area contributed by atoms with Gasteiger partial charge in [0.1, 0.15) is 10.7 Å². The zero-order chi connectivity index (χ0) is 16.4. The molecule has 4 nitrogen and oxygen atoms in total. The van der Waals surface area contributed by atoms with Gasteiger partial charge in [-0.2, -0.15) is 0 Å². The lowest BCUT2D eigenvalue weighted by atomic mass is 9.94. The number of hydrogen-bond acceptors (Lipinski definition) is 5. The molecule has 1 aliphatic rings. The van der Waals surface area contributed by atoms with Crippen molar-refractivity contribution in [2.75, 3.05) is 11.1 Å². The molecule has 3 N–H and O–H groups in total. The van der Waals surface area contributed by atoms with Crippen LogP contribution in [0.5, 0.6) is 0 Å². The molecule has 0 spiro atoms. The number of nitrogens with two attached hydrogens (primary N) is 1. The van der Waals surface area contributed by atoms with Crippen molar-refractivity contribution < 1.29 is 4.79 Å². The monoisotopic (exact) mass is 325 g/mol. The first-order valence-corrected chi connectivity index (χ1v) is 8.37. The molecule has 1 heterocycles. The summed E-state index contributed by atoms with van der Waals surface area (Å²) >= 11 is 1.31. The second-order valence-corrected chi connectivity index (χ2v) is 6.66. The lowest BCUT2D eigenvalue weighted by Crippen LogP contribution is -2.08. The lowest BCUT2D eigenvalue weighted by Gasteiger charge is -2.11. The minimum absolute atomic E-state index is 0.00111. The number of rotatable bonds is 4. The number of hydrogen-bond donors (Lipinski definition) is 2. The molecule has 0 aliphatic heterocycles. The molecule has 1 aromatic heterocycles. The number of carbonyl (C=O) groups excluding carboxylic acids is 1. The predicted molar refractivity (Wildman–Crippen MR) is 96.4 cm³/mol. The van der Waals surface area contributed by atoms with E-state index in [2.05, 4.69) is 16.4 Å². The van der Waals surface area contributed by atoms with Gasteiger partial charge in [0.15, 0.2) is 5.13 Å². The van der Waals surface area contributed by atoms with E-state index in [0.717, 1.165) is 29.7 Å². The Morgan fingerprint density at radius 1 is 1.26 bits per heavy atom. The molecule has 2 aromatic rings. The molecular formula is C18H19N3OS. The Balaban J connectivity index is 1.85. The summed E-state index contributed by atoms with van der Waals surface area (Å²) in [5.74, 6) is 0.295. The van der Waals surface area contributed by atoms with Crippen molar-refractivity contribution in [3.63, 3.8) is 0 Å². The average Bonchev–Trinajstić information content (AvgIpc) is 2.90. The Bertz CT molecular complexity index is 800. The quantitative estimate of drug-likeness (QED) is 0.804. The summed E-state index contributed by atoms with van der Waals surface area (Å²) in [5, 5.41) is 3.84. The van der Waals surface area contributed by atoms with Crippen molar-refractivity contribution in [2.24, 2.45) is 0 Å². The fourth-order valence-corrected chi connectivity index (χ4v) is 3.40. The zero-order valence-electron chi connectivity index (χ0n) is 13.2. The van der Waals surface area contributed by atoms with E-state index in [0.29, 0.717) is 15.8 Å². The summed E-state index contributed by atoms with van der Waals surface area (Å²) in [5.41, 5.74) is 9.95. The first kappa shape index (κ1) is 15.5. The number of aryl methyl sites for hydroxylation is 1. The van der Waals surface area contributed by atoms with Gasteiger partial charge in [0, 0.05) is 11.3 Å². The predicted octanol–water partition coefficient (Wildman–Crippen LogP) is 4.63. The summed E-state index contributed by atoms with van der Waals surface area (Å²) in [6, 6.07) is 8.00. The lowest BCUT2D eigenvalue weighted by molar-refractivity contribution is 0.103. The van der Waals surface area contributed by atoms with Gasteiger partial charge in [-0.15, -0.1) is 0 Å². The molecule has 0 radical (unpaired) electrons. The van der Waals surface area contributed by atoms with Crippen molar-refractivity contribution in [2.45, 2.75) is 26.7 Å². The Labute approximate surface area is 139 Å².